The number of carbonyl (C=O) groups is 2. The monoisotopic (exact) mass is 393 g/mol. The van der Waals surface area contributed by atoms with Crippen molar-refractivity contribution in [1.82, 2.24) is 34.8 Å². The third kappa shape index (κ3) is 3.75. The number of aromatic nitrogens is 5. The number of likely N-dealkylation sites (tertiary alicyclic amines) is 1. The average molecular weight is 393 g/mol. The van der Waals surface area contributed by atoms with E-state index in [9.17, 15) is 9.59 Å². The van der Waals surface area contributed by atoms with Crippen LogP contribution in [-0.4, -0.2) is 60.9 Å². The molecule has 1 aliphatic heterocycles. The molecule has 29 heavy (non-hydrogen) atoms. The third-order valence-corrected chi connectivity index (χ3v) is 5.03. The van der Waals surface area contributed by atoms with Crippen molar-refractivity contribution in [3.8, 4) is 11.4 Å². The van der Waals surface area contributed by atoms with Gasteiger partial charge in [0.05, 0.1) is 18.3 Å². The van der Waals surface area contributed by atoms with E-state index in [2.05, 4.69) is 20.5 Å². The molecule has 0 spiro atoms. The van der Waals surface area contributed by atoms with Gasteiger partial charge in [-0.25, -0.2) is 9.67 Å². The zero-order chi connectivity index (χ0) is 20.4. The minimum Gasteiger partial charge on any atom is -0.349 e. The van der Waals surface area contributed by atoms with E-state index in [1.807, 2.05) is 37.3 Å². The normalized spacial score (nSPS) is 13.2. The Bertz CT molecular complexity index is 1030. The molecule has 0 aliphatic carbocycles. The summed E-state index contributed by atoms with van der Waals surface area (Å²) >= 11 is 0. The Hall–Kier alpha value is -3.49. The van der Waals surface area contributed by atoms with Crippen molar-refractivity contribution in [2.75, 3.05) is 19.6 Å². The van der Waals surface area contributed by atoms with E-state index in [1.165, 1.54) is 10.9 Å². The molecule has 2 aromatic heterocycles. The van der Waals surface area contributed by atoms with Gasteiger partial charge in [0, 0.05) is 32.2 Å². The van der Waals surface area contributed by atoms with E-state index in [0.717, 1.165) is 30.9 Å². The zero-order valence-electron chi connectivity index (χ0n) is 16.5. The Morgan fingerprint density at radius 2 is 1.93 bits per heavy atom. The molecule has 3 aromatic rings. The van der Waals surface area contributed by atoms with Gasteiger partial charge in [-0.3, -0.25) is 14.3 Å². The van der Waals surface area contributed by atoms with E-state index < -0.39 is 0 Å². The molecule has 9 nitrogen and oxygen atoms in total. The third-order valence-electron chi connectivity index (χ3n) is 5.03. The summed E-state index contributed by atoms with van der Waals surface area (Å²) in [6.07, 6.45) is 2.46. The van der Waals surface area contributed by atoms with Gasteiger partial charge in [0.1, 0.15) is 11.5 Å². The van der Waals surface area contributed by atoms with Crippen molar-refractivity contribution in [3.05, 3.63) is 53.6 Å². The summed E-state index contributed by atoms with van der Waals surface area (Å²) in [5, 5.41) is 11.5. The average Bonchev–Trinajstić information content (AvgIpc) is 3.24. The standard InChI is InChI=1S/C20H23N7O2/c1-14-23-18(15-7-4-3-5-8-15)24-27(14)12-9-21-19(28)17-16(13-22-25(17)2)20(29)26-10-6-11-26/h3-5,7-8,13H,6,9-12H2,1-2H3,(H,21,28). The molecular formula is C20H23N7O2. The van der Waals surface area contributed by atoms with Crippen LogP contribution in [0.15, 0.2) is 36.5 Å². The molecule has 3 heterocycles. The smallest absolute Gasteiger partial charge is 0.270 e. The molecule has 1 fully saturated rings. The molecule has 1 N–H and O–H groups in total. The van der Waals surface area contributed by atoms with E-state index in [0.29, 0.717) is 24.5 Å². The Morgan fingerprint density at radius 1 is 1.17 bits per heavy atom. The van der Waals surface area contributed by atoms with Gasteiger partial charge in [-0.1, -0.05) is 30.3 Å². The van der Waals surface area contributed by atoms with Gasteiger partial charge in [0.25, 0.3) is 11.8 Å². The van der Waals surface area contributed by atoms with Gasteiger partial charge in [0.15, 0.2) is 5.82 Å². The second-order valence-corrected chi connectivity index (χ2v) is 7.00. The minimum absolute atomic E-state index is 0.144. The van der Waals surface area contributed by atoms with Gasteiger partial charge < -0.3 is 10.2 Å². The van der Waals surface area contributed by atoms with Crippen LogP contribution in [0.25, 0.3) is 11.4 Å². The summed E-state index contributed by atoms with van der Waals surface area (Å²) in [5.74, 6) is 0.958. The zero-order valence-corrected chi connectivity index (χ0v) is 16.5. The molecule has 9 heteroatoms. The Kier molecular flexibility index (Phi) is 5.11. The van der Waals surface area contributed by atoms with Crippen LogP contribution in [0.4, 0.5) is 0 Å². The van der Waals surface area contributed by atoms with E-state index in [-0.39, 0.29) is 17.5 Å². The molecule has 0 bridgehead atoms. The van der Waals surface area contributed by atoms with E-state index in [1.54, 1.807) is 16.6 Å². The summed E-state index contributed by atoms with van der Waals surface area (Å²) in [6, 6.07) is 9.75. The number of hydrogen-bond donors (Lipinski definition) is 1. The summed E-state index contributed by atoms with van der Waals surface area (Å²) in [7, 11) is 1.66. The number of nitrogens with zero attached hydrogens (tertiary/aromatic N) is 6. The maximum atomic E-state index is 12.7. The SMILES string of the molecule is Cc1nc(-c2ccccc2)nn1CCNC(=O)c1c(C(=O)N2CCC2)cnn1C. The fourth-order valence-electron chi connectivity index (χ4n) is 3.25. The van der Waals surface area contributed by atoms with Crippen molar-refractivity contribution in [1.29, 1.82) is 0 Å². The van der Waals surface area contributed by atoms with Crippen molar-refractivity contribution in [2.24, 2.45) is 7.05 Å². The van der Waals surface area contributed by atoms with Gasteiger partial charge >= 0.3 is 0 Å². The molecule has 2 amide bonds. The second kappa shape index (κ2) is 7.86. The van der Waals surface area contributed by atoms with Crippen molar-refractivity contribution in [3.63, 3.8) is 0 Å². The predicted octanol–water partition coefficient (Wildman–Crippen LogP) is 1.26. The predicted molar refractivity (Wildman–Crippen MR) is 106 cm³/mol. The summed E-state index contributed by atoms with van der Waals surface area (Å²) < 4.78 is 3.20. The number of aryl methyl sites for hydroxylation is 2. The number of carbonyl (C=O) groups excluding carboxylic acids is 2. The Morgan fingerprint density at radius 3 is 2.62 bits per heavy atom. The van der Waals surface area contributed by atoms with Crippen LogP contribution in [0, 0.1) is 6.92 Å². The van der Waals surface area contributed by atoms with Gasteiger partial charge in [0.2, 0.25) is 0 Å². The fourth-order valence-corrected chi connectivity index (χ4v) is 3.25. The number of nitrogens with one attached hydrogen (secondary N) is 1. The number of hydrogen-bond acceptors (Lipinski definition) is 5. The van der Waals surface area contributed by atoms with Crippen molar-refractivity contribution >= 4 is 11.8 Å². The lowest BCUT2D eigenvalue weighted by Gasteiger charge is -2.30. The highest BCUT2D eigenvalue weighted by molar-refractivity contribution is 6.06. The molecular weight excluding hydrogens is 370 g/mol. The van der Waals surface area contributed by atoms with Crippen molar-refractivity contribution < 1.29 is 9.59 Å². The van der Waals surface area contributed by atoms with Gasteiger partial charge in [-0.2, -0.15) is 10.2 Å². The first-order valence-corrected chi connectivity index (χ1v) is 9.61. The molecule has 0 atom stereocenters. The first-order chi connectivity index (χ1) is 14.0. The first kappa shape index (κ1) is 18.9. The topological polar surface area (TPSA) is 97.9 Å². The van der Waals surface area contributed by atoms with Crippen LogP contribution in [-0.2, 0) is 13.6 Å². The first-order valence-electron chi connectivity index (χ1n) is 9.61. The molecule has 4 rings (SSSR count). The maximum absolute atomic E-state index is 12.7. The van der Waals surface area contributed by atoms with Crippen LogP contribution >= 0.6 is 0 Å². The summed E-state index contributed by atoms with van der Waals surface area (Å²) in [5.41, 5.74) is 1.57. The molecule has 1 aliphatic rings. The minimum atomic E-state index is -0.324. The molecule has 0 radical (unpaired) electrons. The summed E-state index contributed by atoms with van der Waals surface area (Å²) in [6.45, 7) is 4.17. The van der Waals surface area contributed by atoms with Crippen LogP contribution in [0.5, 0.6) is 0 Å². The van der Waals surface area contributed by atoms with Gasteiger partial charge in [-0.05, 0) is 13.3 Å². The fraction of sp³-hybridized carbons (Fsp3) is 0.350. The summed E-state index contributed by atoms with van der Waals surface area (Å²) in [4.78, 5) is 31.4. The highest BCUT2D eigenvalue weighted by Gasteiger charge is 2.28. The Balaban J connectivity index is 1.41. The van der Waals surface area contributed by atoms with Gasteiger partial charge in [-0.15, -0.1) is 0 Å². The Labute approximate surface area is 168 Å². The van der Waals surface area contributed by atoms with Crippen LogP contribution < -0.4 is 5.32 Å². The lowest BCUT2D eigenvalue weighted by molar-refractivity contribution is 0.0647. The number of rotatable bonds is 6. The highest BCUT2D eigenvalue weighted by Crippen LogP contribution is 2.16. The van der Waals surface area contributed by atoms with Crippen molar-refractivity contribution in [2.45, 2.75) is 19.9 Å². The molecule has 0 saturated carbocycles. The largest absolute Gasteiger partial charge is 0.349 e. The number of amides is 2. The van der Waals surface area contributed by atoms with Crippen LogP contribution in [0.3, 0.4) is 0 Å². The number of benzene rings is 1. The molecule has 1 saturated heterocycles. The van der Waals surface area contributed by atoms with E-state index >= 15 is 0 Å². The maximum Gasteiger partial charge on any atom is 0.270 e. The quantitative estimate of drug-likeness (QED) is 0.680. The second-order valence-electron chi connectivity index (χ2n) is 7.00. The van der Waals surface area contributed by atoms with E-state index in [4.69, 9.17) is 0 Å². The van der Waals surface area contributed by atoms with Crippen LogP contribution in [0.2, 0.25) is 0 Å². The molecule has 0 unspecified atom stereocenters. The molecule has 150 valence electrons. The highest BCUT2D eigenvalue weighted by atomic mass is 16.2. The lowest BCUT2D eigenvalue weighted by Crippen LogP contribution is -2.43. The molecule has 1 aromatic carbocycles. The van der Waals surface area contributed by atoms with Crippen LogP contribution in [0.1, 0.15) is 33.1 Å². The lowest BCUT2D eigenvalue weighted by atomic mass is 10.1.